The summed E-state index contributed by atoms with van der Waals surface area (Å²) in [6, 6.07) is 0. The lowest BCUT2D eigenvalue weighted by Crippen LogP contribution is -2.17. The van der Waals surface area contributed by atoms with Crippen LogP contribution in [0.3, 0.4) is 0 Å². The monoisotopic (exact) mass is 263 g/mol. The molecule has 18 heavy (non-hydrogen) atoms. The van der Waals surface area contributed by atoms with Gasteiger partial charge in [0.2, 0.25) is 0 Å². The van der Waals surface area contributed by atoms with E-state index in [4.69, 9.17) is 0 Å². The predicted molar refractivity (Wildman–Crippen MR) is 79.4 cm³/mol. The van der Waals surface area contributed by atoms with Gasteiger partial charge in [0.1, 0.15) is 17.0 Å². The minimum Gasteiger partial charge on any atom is -0.369 e. The molecule has 0 saturated heterocycles. The average Bonchev–Trinajstić information content (AvgIpc) is 2.62. The topological polar surface area (TPSA) is 37.8 Å². The Morgan fingerprint density at radius 2 is 1.94 bits per heavy atom. The Bertz CT molecular complexity index is 545. The van der Waals surface area contributed by atoms with E-state index in [9.17, 15) is 0 Å². The maximum Gasteiger partial charge on any atom is 0.138 e. The number of rotatable bonds is 4. The molecule has 4 heteroatoms. The van der Waals surface area contributed by atoms with Crippen molar-refractivity contribution in [3.63, 3.8) is 0 Å². The molecule has 2 heterocycles. The summed E-state index contributed by atoms with van der Waals surface area (Å²) in [5.41, 5.74) is 1.30. The van der Waals surface area contributed by atoms with Gasteiger partial charge in [0.05, 0.1) is 5.39 Å². The summed E-state index contributed by atoms with van der Waals surface area (Å²) < 4.78 is 0. The Labute approximate surface area is 113 Å². The molecule has 0 aliphatic rings. The molecule has 0 radical (unpaired) electrons. The van der Waals surface area contributed by atoms with Crippen molar-refractivity contribution >= 4 is 27.4 Å². The van der Waals surface area contributed by atoms with Crippen LogP contribution in [0.5, 0.6) is 0 Å². The van der Waals surface area contributed by atoms with Crippen molar-refractivity contribution in [1.82, 2.24) is 9.97 Å². The fourth-order valence-corrected chi connectivity index (χ4v) is 2.81. The number of thiophene rings is 1. The van der Waals surface area contributed by atoms with Gasteiger partial charge < -0.3 is 5.32 Å². The number of aryl methyl sites for hydroxylation is 2. The largest absolute Gasteiger partial charge is 0.369 e. The fraction of sp³-hybridized carbons (Fsp3) is 0.571. The highest BCUT2D eigenvalue weighted by Crippen LogP contribution is 2.32. The van der Waals surface area contributed by atoms with Crippen molar-refractivity contribution in [3.8, 4) is 0 Å². The lowest BCUT2D eigenvalue weighted by molar-refractivity contribution is 0.439. The van der Waals surface area contributed by atoms with Crippen LogP contribution in [0.25, 0.3) is 10.2 Å². The Kier molecular flexibility index (Phi) is 3.85. The first-order valence-electron chi connectivity index (χ1n) is 6.45. The van der Waals surface area contributed by atoms with Crippen molar-refractivity contribution in [2.24, 2.45) is 11.8 Å². The van der Waals surface area contributed by atoms with E-state index >= 15 is 0 Å². The van der Waals surface area contributed by atoms with Gasteiger partial charge in [-0.3, -0.25) is 0 Å². The van der Waals surface area contributed by atoms with Crippen molar-refractivity contribution in [1.29, 1.82) is 0 Å². The zero-order chi connectivity index (χ0) is 13.3. The minimum atomic E-state index is 0.634. The van der Waals surface area contributed by atoms with Crippen molar-refractivity contribution < 1.29 is 0 Å². The number of nitrogens with zero attached hydrogens (tertiary/aromatic N) is 2. The van der Waals surface area contributed by atoms with Crippen LogP contribution in [0.1, 0.15) is 31.2 Å². The highest BCUT2D eigenvalue weighted by molar-refractivity contribution is 7.18. The van der Waals surface area contributed by atoms with Gasteiger partial charge in [0.15, 0.2) is 0 Å². The van der Waals surface area contributed by atoms with Crippen molar-refractivity contribution in [2.45, 2.75) is 34.6 Å². The Hall–Kier alpha value is -1.16. The molecule has 0 spiro atoms. The van der Waals surface area contributed by atoms with Gasteiger partial charge >= 0.3 is 0 Å². The molecule has 2 aromatic heterocycles. The molecule has 2 aromatic rings. The van der Waals surface area contributed by atoms with Crippen LogP contribution >= 0.6 is 11.3 Å². The second-order valence-electron chi connectivity index (χ2n) is 5.29. The third-order valence-electron chi connectivity index (χ3n) is 3.69. The Morgan fingerprint density at radius 3 is 2.61 bits per heavy atom. The molecule has 1 unspecified atom stereocenters. The first-order valence-corrected chi connectivity index (χ1v) is 7.27. The van der Waals surface area contributed by atoms with E-state index in [2.05, 4.69) is 49.9 Å². The summed E-state index contributed by atoms with van der Waals surface area (Å²) in [6.07, 6.45) is 1.65. The van der Waals surface area contributed by atoms with Gasteiger partial charge in [-0.25, -0.2) is 9.97 Å². The third-order valence-corrected chi connectivity index (χ3v) is 4.81. The second-order valence-corrected chi connectivity index (χ2v) is 6.49. The maximum absolute atomic E-state index is 4.40. The van der Waals surface area contributed by atoms with E-state index in [-0.39, 0.29) is 0 Å². The van der Waals surface area contributed by atoms with Gasteiger partial charge in [0.25, 0.3) is 0 Å². The first kappa shape index (κ1) is 13.3. The van der Waals surface area contributed by atoms with Crippen LogP contribution in [0.2, 0.25) is 0 Å². The lowest BCUT2D eigenvalue weighted by Gasteiger charge is -2.16. The van der Waals surface area contributed by atoms with Crippen LogP contribution < -0.4 is 5.32 Å². The molecule has 0 aromatic carbocycles. The minimum absolute atomic E-state index is 0.634. The number of fused-ring (bicyclic) bond motifs is 1. The number of hydrogen-bond acceptors (Lipinski definition) is 4. The van der Waals surface area contributed by atoms with Crippen molar-refractivity contribution in [2.75, 3.05) is 11.9 Å². The molecule has 1 atom stereocenters. The summed E-state index contributed by atoms with van der Waals surface area (Å²) in [6.45, 7) is 12.0. The fourth-order valence-electron chi connectivity index (χ4n) is 1.81. The highest BCUT2D eigenvalue weighted by atomic mass is 32.1. The molecule has 0 aliphatic carbocycles. The Balaban J connectivity index is 2.28. The lowest BCUT2D eigenvalue weighted by atomic mass is 9.98. The normalized spacial score (nSPS) is 13.2. The molecule has 3 nitrogen and oxygen atoms in total. The number of hydrogen-bond donors (Lipinski definition) is 1. The van der Waals surface area contributed by atoms with Gasteiger partial charge in [-0.2, -0.15) is 0 Å². The molecule has 0 amide bonds. The SMILES string of the molecule is Cc1sc2ncnc(NCC(C)C(C)C)c2c1C. The van der Waals surface area contributed by atoms with E-state index in [1.807, 2.05) is 0 Å². The number of nitrogens with one attached hydrogen (secondary N) is 1. The molecular weight excluding hydrogens is 242 g/mol. The molecule has 0 bridgehead atoms. The van der Waals surface area contributed by atoms with E-state index in [1.165, 1.54) is 15.8 Å². The summed E-state index contributed by atoms with van der Waals surface area (Å²) >= 11 is 1.74. The smallest absolute Gasteiger partial charge is 0.138 e. The average molecular weight is 263 g/mol. The standard InChI is InChI=1S/C14H21N3S/c1-8(2)9(3)6-15-13-12-10(4)11(5)18-14(12)17-7-16-13/h7-9H,6H2,1-5H3,(H,15,16,17). The Morgan fingerprint density at radius 1 is 1.22 bits per heavy atom. The van der Waals surface area contributed by atoms with Crippen LogP contribution in [0.15, 0.2) is 6.33 Å². The van der Waals surface area contributed by atoms with Gasteiger partial charge in [-0.05, 0) is 31.2 Å². The van der Waals surface area contributed by atoms with Crippen LogP contribution in [-0.4, -0.2) is 16.5 Å². The molecule has 1 N–H and O–H groups in total. The number of aromatic nitrogens is 2. The zero-order valence-electron chi connectivity index (χ0n) is 11.7. The summed E-state index contributed by atoms with van der Waals surface area (Å²) in [5, 5.41) is 4.67. The van der Waals surface area contributed by atoms with Crippen molar-refractivity contribution in [3.05, 3.63) is 16.8 Å². The molecule has 0 fully saturated rings. The van der Waals surface area contributed by atoms with Gasteiger partial charge in [-0.1, -0.05) is 20.8 Å². The summed E-state index contributed by atoms with van der Waals surface area (Å²) in [5.74, 6) is 2.30. The summed E-state index contributed by atoms with van der Waals surface area (Å²) in [7, 11) is 0. The molecule has 98 valence electrons. The quantitative estimate of drug-likeness (QED) is 0.905. The van der Waals surface area contributed by atoms with Crippen LogP contribution in [0, 0.1) is 25.7 Å². The van der Waals surface area contributed by atoms with E-state index in [0.29, 0.717) is 11.8 Å². The van der Waals surface area contributed by atoms with E-state index in [1.54, 1.807) is 17.7 Å². The van der Waals surface area contributed by atoms with E-state index < -0.39 is 0 Å². The third kappa shape index (κ3) is 2.48. The molecule has 2 rings (SSSR count). The summed E-state index contributed by atoms with van der Waals surface area (Å²) in [4.78, 5) is 11.2. The maximum atomic E-state index is 4.40. The number of anilines is 1. The zero-order valence-corrected chi connectivity index (χ0v) is 12.6. The highest BCUT2D eigenvalue weighted by Gasteiger charge is 2.13. The second kappa shape index (κ2) is 5.22. The van der Waals surface area contributed by atoms with Crippen LogP contribution in [0.4, 0.5) is 5.82 Å². The molecular formula is C14H21N3S. The van der Waals surface area contributed by atoms with E-state index in [0.717, 1.165) is 17.2 Å². The molecule has 0 aliphatic heterocycles. The van der Waals surface area contributed by atoms with Gasteiger partial charge in [-0.15, -0.1) is 11.3 Å². The first-order chi connectivity index (χ1) is 8.50. The molecule has 0 saturated carbocycles. The van der Waals surface area contributed by atoms with Gasteiger partial charge in [0, 0.05) is 11.4 Å². The predicted octanol–water partition coefficient (Wildman–Crippen LogP) is 4.01. The van der Waals surface area contributed by atoms with Crippen LogP contribution in [-0.2, 0) is 0 Å².